The smallest absolute Gasteiger partial charge is 0.130 e. The maximum absolute atomic E-state index is 10.2. The molecule has 3 N–H and O–H groups in total. The number of nitrogens with zero attached hydrogens (tertiary/aromatic N) is 2. The van der Waals surface area contributed by atoms with Crippen LogP contribution in [0.2, 0.25) is 0 Å². The molecule has 1 aliphatic carbocycles. The normalized spacial score (nSPS) is 27.1. The lowest BCUT2D eigenvalue weighted by Crippen LogP contribution is -2.28. The standard InChI is InChI=1S/C15H21N3OS/c1-15(19)5-2-7-18(8-6-15)14-12(10-3-4-10)13(17)11(9-16)20-14/h10,19H,2-8,17H2,1H3. The van der Waals surface area contributed by atoms with Crippen LogP contribution < -0.4 is 10.6 Å². The van der Waals surface area contributed by atoms with Crippen molar-refractivity contribution in [3.05, 3.63) is 10.4 Å². The zero-order chi connectivity index (χ0) is 14.3. The van der Waals surface area contributed by atoms with Gasteiger partial charge in [0.15, 0.2) is 0 Å². The van der Waals surface area contributed by atoms with Gasteiger partial charge >= 0.3 is 0 Å². The van der Waals surface area contributed by atoms with Crippen LogP contribution in [0.15, 0.2) is 0 Å². The topological polar surface area (TPSA) is 73.3 Å². The van der Waals surface area contributed by atoms with E-state index >= 15 is 0 Å². The van der Waals surface area contributed by atoms with Gasteiger partial charge in [-0.1, -0.05) is 0 Å². The Morgan fingerprint density at radius 1 is 1.40 bits per heavy atom. The number of hydrogen-bond acceptors (Lipinski definition) is 5. The minimum absolute atomic E-state index is 0.548. The Hall–Kier alpha value is -1.25. The second-order valence-electron chi connectivity index (χ2n) is 6.29. The lowest BCUT2D eigenvalue weighted by Gasteiger charge is -2.24. The molecule has 0 spiro atoms. The summed E-state index contributed by atoms with van der Waals surface area (Å²) in [6, 6.07) is 2.23. The Bertz CT molecular complexity index is 554. The van der Waals surface area contributed by atoms with E-state index in [1.54, 1.807) is 0 Å². The molecule has 1 saturated heterocycles. The molecule has 0 aromatic carbocycles. The molecule has 1 unspecified atom stereocenters. The van der Waals surface area contributed by atoms with Gasteiger partial charge in [-0.15, -0.1) is 11.3 Å². The summed E-state index contributed by atoms with van der Waals surface area (Å²) in [5, 5.41) is 20.6. The van der Waals surface area contributed by atoms with Crippen LogP contribution in [0.1, 0.15) is 55.4 Å². The summed E-state index contributed by atoms with van der Waals surface area (Å²) in [7, 11) is 0. The minimum Gasteiger partial charge on any atom is -0.397 e. The lowest BCUT2D eigenvalue weighted by molar-refractivity contribution is 0.0481. The molecule has 0 radical (unpaired) electrons. The highest BCUT2D eigenvalue weighted by molar-refractivity contribution is 7.17. The molecule has 1 aromatic heterocycles. The van der Waals surface area contributed by atoms with Crippen molar-refractivity contribution in [2.24, 2.45) is 0 Å². The SMILES string of the molecule is CC1(O)CCCN(c2sc(C#N)c(N)c2C2CC2)CC1. The van der Waals surface area contributed by atoms with E-state index in [4.69, 9.17) is 5.73 Å². The van der Waals surface area contributed by atoms with Gasteiger partial charge in [-0.2, -0.15) is 5.26 Å². The molecule has 2 fully saturated rings. The van der Waals surface area contributed by atoms with E-state index in [1.165, 1.54) is 34.7 Å². The zero-order valence-electron chi connectivity index (χ0n) is 11.9. The summed E-state index contributed by atoms with van der Waals surface area (Å²) >= 11 is 1.53. The summed E-state index contributed by atoms with van der Waals surface area (Å²) < 4.78 is 0. The molecule has 0 amide bonds. The maximum Gasteiger partial charge on any atom is 0.130 e. The van der Waals surface area contributed by atoms with Crippen molar-refractivity contribution in [2.45, 2.75) is 50.5 Å². The maximum atomic E-state index is 10.2. The number of nitriles is 1. The molecular weight excluding hydrogens is 270 g/mol. The molecule has 3 rings (SSSR count). The van der Waals surface area contributed by atoms with E-state index in [1.807, 2.05) is 6.92 Å². The Labute approximate surface area is 123 Å². The van der Waals surface area contributed by atoms with Gasteiger partial charge in [0.2, 0.25) is 0 Å². The zero-order valence-corrected chi connectivity index (χ0v) is 12.7. The van der Waals surface area contributed by atoms with Gasteiger partial charge < -0.3 is 15.7 Å². The second kappa shape index (κ2) is 4.94. The number of rotatable bonds is 2. The molecule has 1 atom stereocenters. The van der Waals surface area contributed by atoms with Crippen LogP contribution in [0.4, 0.5) is 10.7 Å². The van der Waals surface area contributed by atoms with Crippen LogP contribution >= 0.6 is 11.3 Å². The summed E-state index contributed by atoms with van der Waals surface area (Å²) in [6.07, 6.45) is 4.97. The molecule has 5 heteroatoms. The largest absolute Gasteiger partial charge is 0.397 e. The predicted molar refractivity (Wildman–Crippen MR) is 82.1 cm³/mol. The molecule has 20 heavy (non-hydrogen) atoms. The van der Waals surface area contributed by atoms with Crippen molar-refractivity contribution in [3.8, 4) is 6.07 Å². The van der Waals surface area contributed by atoms with Gasteiger partial charge in [-0.25, -0.2) is 0 Å². The summed E-state index contributed by atoms with van der Waals surface area (Å²) in [5.74, 6) is 0.548. The van der Waals surface area contributed by atoms with Gasteiger partial charge in [0.05, 0.1) is 16.3 Å². The highest BCUT2D eigenvalue weighted by atomic mass is 32.1. The first-order valence-corrected chi connectivity index (χ1v) is 8.13. The average Bonchev–Trinajstić information content (AvgIpc) is 3.19. The van der Waals surface area contributed by atoms with Crippen molar-refractivity contribution >= 4 is 22.0 Å². The third kappa shape index (κ3) is 2.50. The molecule has 0 bridgehead atoms. The van der Waals surface area contributed by atoms with Crippen LogP contribution in [-0.2, 0) is 0 Å². The van der Waals surface area contributed by atoms with Crippen LogP contribution in [0.5, 0.6) is 0 Å². The van der Waals surface area contributed by atoms with Crippen LogP contribution in [0.25, 0.3) is 0 Å². The fourth-order valence-corrected chi connectivity index (χ4v) is 4.15. The highest BCUT2D eigenvalue weighted by Gasteiger charge is 2.34. The van der Waals surface area contributed by atoms with Gasteiger partial charge in [0.1, 0.15) is 10.9 Å². The predicted octanol–water partition coefficient (Wildman–Crippen LogP) is 2.82. The van der Waals surface area contributed by atoms with Crippen LogP contribution in [-0.4, -0.2) is 23.8 Å². The molecule has 1 aromatic rings. The number of thiophene rings is 1. The Kier molecular flexibility index (Phi) is 3.39. The Morgan fingerprint density at radius 3 is 2.80 bits per heavy atom. The molecule has 4 nitrogen and oxygen atoms in total. The Balaban J connectivity index is 1.91. The first-order chi connectivity index (χ1) is 9.52. The number of hydrogen-bond donors (Lipinski definition) is 2. The lowest BCUT2D eigenvalue weighted by atomic mass is 9.98. The molecular formula is C15H21N3OS. The second-order valence-corrected chi connectivity index (χ2v) is 7.29. The first kappa shape index (κ1) is 13.7. The summed E-state index contributed by atoms with van der Waals surface area (Å²) in [5.41, 5.74) is 7.51. The summed E-state index contributed by atoms with van der Waals surface area (Å²) in [4.78, 5) is 2.98. The molecule has 2 aliphatic rings. The molecule has 1 saturated carbocycles. The van der Waals surface area contributed by atoms with Crippen molar-refractivity contribution in [1.29, 1.82) is 5.26 Å². The quantitative estimate of drug-likeness (QED) is 0.878. The third-order valence-electron chi connectivity index (χ3n) is 4.40. The van der Waals surface area contributed by atoms with Crippen molar-refractivity contribution in [2.75, 3.05) is 23.7 Å². The number of anilines is 2. The van der Waals surface area contributed by atoms with E-state index in [-0.39, 0.29) is 0 Å². The molecule has 1 aliphatic heterocycles. The summed E-state index contributed by atoms with van der Waals surface area (Å²) in [6.45, 7) is 3.71. The van der Waals surface area contributed by atoms with Gasteiger partial charge in [0.25, 0.3) is 0 Å². The number of nitrogen functional groups attached to an aromatic ring is 1. The van der Waals surface area contributed by atoms with Crippen LogP contribution in [0.3, 0.4) is 0 Å². The van der Waals surface area contributed by atoms with E-state index in [0.29, 0.717) is 16.5 Å². The Morgan fingerprint density at radius 2 is 2.15 bits per heavy atom. The fraction of sp³-hybridized carbons (Fsp3) is 0.667. The van der Waals surface area contributed by atoms with E-state index in [0.717, 1.165) is 32.4 Å². The number of aliphatic hydroxyl groups is 1. The average molecular weight is 291 g/mol. The van der Waals surface area contributed by atoms with Gasteiger partial charge in [-0.3, -0.25) is 0 Å². The first-order valence-electron chi connectivity index (χ1n) is 7.31. The monoisotopic (exact) mass is 291 g/mol. The molecule has 108 valence electrons. The third-order valence-corrected chi connectivity index (χ3v) is 5.59. The van der Waals surface area contributed by atoms with Crippen LogP contribution in [0, 0.1) is 11.3 Å². The van der Waals surface area contributed by atoms with Crippen molar-refractivity contribution in [1.82, 2.24) is 0 Å². The highest BCUT2D eigenvalue weighted by Crippen LogP contribution is 2.52. The molecule has 2 heterocycles. The van der Waals surface area contributed by atoms with Crippen molar-refractivity contribution < 1.29 is 5.11 Å². The van der Waals surface area contributed by atoms with Crippen molar-refractivity contribution in [3.63, 3.8) is 0 Å². The fourth-order valence-electron chi connectivity index (χ4n) is 3.00. The van der Waals surface area contributed by atoms with E-state index in [2.05, 4.69) is 11.0 Å². The van der Waals surface area contributed by atoms with Gasteiger partial charge in [0, 0.05) is 18.7 Å². The number of nitrogens with two attached hydrogens (primary N) is 1. The minimum atomic E-state index is -0.560. The van der Waals surface area contributed by atoms with E-state index in [9.17, 15) is 10.4 Å². The van der Waals surface area contributed by atoms with E-state index < -0.39 is 5.60 Å². The van der Waals surface area contributed by atoms with Gasteiger partial charge in [-0.05, 0) is 44.9 Å².